The zero-order valence-corrected chi connectivity index (χ0v) is 11.6. The van der Waals surface area contributed by atoms with Crippen LogP contribution in [0.5, 0.6) is 0 Å². The smallest absolute Gasteiger partial charge is 0.208 e. The highest BCUT2D eigenvalue weighted by molar-refractivity contribution is 5.09. The van der Waals surface area contributed by atoms with E-state index in [0.717, 1.165) is 49.8 Å². The summed E-state index contributed by atoms with van der Waals surface area (Å²) < 4.78 is 11.0. The minimum atomic E-state index is -0.193. The van der Waals surface area contributed by atoms with E-state index in [1.54, 1.807) is 0 Å². The average molecular weight is 266 g/mol. The van der Waals surface area contributed by atoms with Crippen LogP contribution in [0.25, 0.3) is 0 Å². The molecular formula is C14H22N2O3. The number of ether oxygens (including phenoxy) is 1. The third kappa shape index (κ3) is 2.20. The van der Waals surface area contributed by atoms with Gasteiger partial charge in [0.05, 0.1) is 18.3 Å². The number of aliphatic hydroxyl groups excluding tert-OH is 1. The van der Waals surface area contributed by atoms with Crippen LogP contribution in [0, 0.1) is 19.3 Å². The molecule has 0 aromatic carbocycles. The molecule has 1 spiro atoms. The summed E-state index contributed by atoms with van der Waals surface area (Å²) in [5.74, 6) is 1.62. The van der Waals surface area contributed by atoms with Gasteiger partial charge < -0.3 is 19.6 Å². The van der Waals surface area contributed by atoms with Crippen LogP contribution >= 0.6 is 0 Å². The summed E-state index contributed by atoms with van der Waals surface area (Å²) in [5.41, 5.74) is 0.959. The van der Waals surface area contributed by atoms with Gasteiger partial charge in [-0.2, -0.15) is 0 Å². The number of hydrogen-bond donors (Lipinski definition) is 2. The van der Waals surface area contributed by atoms with E-state index in [2.05, 4.69) is 10.3 Å². The summed E-state index contributed by atoms with van der Waals surface area (Å²) in [6.45, 7) is 6.03. The lowest BCUT2D eigenvalue weighted by atomic mass is 9.58. The van der Waals surface area contributed by atoms with Gasteiger partial charge in [-0.05, 0) is 33.1 Å². The number of nitrogens with one attached hydrogen (secondary N) is 1. The maximum atomic E-state index is 10.1. The molecule has 1 aliphatic carbocycles. The first-order valence-electron chi connectivity index (χ1n) is 7.04. The first-order valence-corrected chi connectivity index (χ1v) is 7.04. The monoisotopic (exact) mass is 266 g/mol. The predicted molar refractivity (Wildman–Crippen MR) is 69.7 cm³/mol. The number of aromatic nitrogens is 1. The molecule has 1 aromatic heterocycles. The second-order valence-electron chi connectivity index (χ2n) is 5.78. The molecule has 1 saturated carbocycles. The van der Waals surface area contributed by atoms with Gasteiger partial charge in [0, 0.05) is 24.7 Å². The Balaban J connectivity index is 1.61. The number of rotatable bonds is 3. The molecule has 5 heteroatoms. The van der Waals surface area contributed by atoms with Gasteiger partial charge in [-0.3, -0.25) is 0 Å². The summed E-state index contributed by atoms with van der Waals surface area (Å²) in [7, 11) is 0. The Kier molecular flexibility index (Phi) is 3.37. The minimum absolute atomic E-state index is 0.00886. The van der Waals surface area contributed by atoms with Crippen LogP contribution in [0.15, 0.2) is 4.42 Å². The quantitative estimate of drug-likeness (QED) is 0.863. The Labute approximate surface area is 113 Å². The summed E-state index contributed by atoms with van der Waals surface area (Å²) >= 11 is 0. The Morgan fingerprint density at radius 2 is 2.11 bits per heavy atom. The topological polar surface area (TPSA) is 67.5 Å². The maximum absolute atomic E-state index is 10.1. The van der Waals surface area contributed by atoms with Crippen molar-refractivity contribution in [2.24, 2.45) is 5.41 Å². The largest absolute Gasteiger partial charge is 0.444 e. The van der Waals surface area contributed by atoms with Gasteiger partial charge >= 0.3 is 0 Å². The molecule has 2 heterocycles. The van der Waals surface area contributed by atoms with Crippen LogP contribution in [0.3, 0.4) is 0 Å². The second kappa shape index (κ2) is 4.89. The van der Waals surface area contributed by atoms with E-state index in [4.69, 9.17) is 9.15 Å². The fourth-order valence-corrected chi connectivity index (χ4v) is 3.31. The molecule has 19 heavy (non-hydrogen) atoms. The molecule has 1 aromatic rings. The molecule has 1 aliphatic heterocycles. The summed E-state index contributed by atoms with van der Waals surface area (Å²) in [4.78, 5) is 4.38. The third-order valence-corrected chi connectivity index (χ3v) is 4.81. The van der Waals surface area contributed by atoms with Gasteiger partial charge in [-0.15, -0.1) is 0 Å². The molecule has 106 valence electrons. The summed E-state index contributed by atoms with van der Waals surface area (Å²) in [6.07, 6.45) is 2.51. The van der Waals surface area contributed by atoms with Crippen LogP contribution in [0.4, 0.5) is 0 Å². The molecule has 2 atom stereocenters. The van der Waals surface area contributed by atoms with Crippen molar-refractivity contribution in [1.82, 2.24) is 10.3 Å². The van der Waals surface area contributed by atoms with Gasteiger partial charge in [0.25, 0.3) is 0 Å². The van der Waals surface area contributed by atoms with Crippen LogP contribution in [-0.4, -0.2) is 35.5 Å². The second-order valence-corrected chi connectivity index (χ2v) is 5.78. The van der Waals surface area contributed by atoms with Crippen molar-refractivity contribution in [3.63, 3.8) is 0 Å². The van der Waals surface area contributed by atoms with Crippen molar-refractivity contribution in [3.05, 3.63) is 17.3 Å². The van der Waals surface area contributed by atoms with Crippen LogP contribution < -0.4 is 5.32 Å². The Hall–Kier alpha value is -0.910. The normalized spacial score (nSPS) is 29.4. The predicted octanol–water partition coefficient (Wildman–Crippen LogP) is 1.31. The van der Waals surface area contributed by atoms with E-state index in [1.807, 2.05) is 13.8 Å². The number of aliphatic hydroxyl groups is 1. The highest BCUT2D eigenvalue weighted by atomic mass is 16.5. The lowest BCUT2D eigenvalue weighted by molar-refractivity contribution is -0.149. The van der Waals surface area contributed by atoms with Crippen molar-refractivity contribution < 1.29 is 14.3 Å². The van der Waals surface area contributed by atoms with E-state index in [-0.39, 0.29) is 11.5 Å². The molecule has 0 amide bonds. The number of aryl methyl sites for hydroxylation is 2. The fourth-order valence-electron chi connectivity index (χ4n) is 3.31. The summed E-state index contributed by atoms with van der Waals surface area (Å²) in [6, 6.07) is 0.346. The van der Waals surface area contributed by atoms with E-state index in [1.165, 1.54) is 0 Å². The number of oxazole rings is 1. The van der Waals surface area contributed by atoms with Crippen molar-refractivity contribution >= 4 is 0 Å². The van der Waals surface area contributed by atoms with Gasteiger partial charge in [0.2, 0.25) is 5.89 Å². The van der Waals surface area contributed by atoms with Crippen LogP contribution in [0.1, 0.15) is 36.6 Å². The van der Waals surface area contributed by atoms with Crippen molar-refractivity contribution in [2.75, 3.05) is 13.2 Å². The average Bonchev–Trinajstić information content (AvgIpc) is 2.74. The molecule has 3 rings (SSSR count). The molecule has 2 aliphatic rings. The molecule has 2 N–H and O–H groups in total. The maximum Gasteiger partial charge on any atom is 0.208 e. The van der Waals surface area contributed by atoms with Crippen molar-refractivity contribution in [2.45, 2.75) is 51.8 Å². The zero-order valence-electron chi connectivity index (χ0n) is 11.6. The van der Waals surface area contributed by atoms with E-state index in [0.29, 0.717) is 12.6 Å². The van der Waals surface area contributed by atoms with Crippen LogP contribution in [-0.2, 0) is 11.3 Å². The van der Waals surface area contributed by atoms with E-state index in [9.17, 15) is 5.11 Å². The van der Waals surface area contributed by atoms with Gasteiger partial charge in [0.15, 0.2) is 0 Å². The highest BCUT2D eigenvalue weighted by Gasteiger charge is 2.54. The van der Waals surface area contributed by atoms with Gasteiger partial charge in [-0.1, -0.05) is 0 Å². The molecular weight excluding hydrogens is 244 g/mol. The van der Waals surface area contributed by atoms with E-state index >= 15 is 0 Å². The number of nitrogens with zero attached hydrogens (tertiary/aromatic N) is 1. The Bertz CT molecular complexity index is 432. The van der Waals surface area contributed by atoms with Gasteiger partial charge in [-0.25, -0.2) is 4.98 Å². The Morgan fingerprint density at radius 1 is 1.37 bits per heavy atom. The highest BCUT2D eigenvalue weighted by Crippen LogP contribution is 2.48. The van der Waals surface area contributed by atoms with Crippen LogP contribution in [0.2, 0.25) is 0 Å². The first kappa shape index (κ1) is 13.1. The minimum Gasteiger partial charge on any atom is -0.444 e. The molecule has 0 unspecified atom stereocenters. The van der Waals surface area contributed by atoms with Crippen molar-refractivity contribution in [3.8, 4) is 0 Å². The third-order valence-electron chi connectivity index (χ3n) is 4.81. The first-order chi connectivity index (χ1) is 9.12. The fraction of sp³-hybridized carbons (Fsp3) is 0.786. The zero-order chi connectivity index (χ0) is 13.5. The SMILES string of the molecule is Cc1nc(CN[C@@H]2C[C@@H](O)C23CCOCC3)oc1C. The van der Waals surface area contributed by atoms with E-state index < -0.39 is 0 Å². The van der Waals surface area contributed by atoms with Crippen molar-refractivity contribution in [1.29, 1.82) is 0 Å². The number of hydrogen-bond acceptors (Lipinski definition) is 5. The standard InChI is InChI=1S/C14H22N2O3/c1-9-10(2)19-13(16-9)8-15-11-7-12(17)14(11)3-5-18-6-4-14/h11-12,15,17H,3-8H2,1-2H3/t11-,12-/m1/s1. The van der Waals surface area contributed by atoms with Gasteiger partial charge in [0.1, 0.15) is 5.76 Å². The molecule has 1 saturated heterocycles. The summed E-state index contributed by atoms with van der Waals surface area (Å²) in [5, 5.41) is 13.6. The lowest BCUT2D eigenvalue weighted by Gasteiger charge is -2.55. The molecule has 5 nitrogen and oxygen atoms in total. The molecule has 0 bridgehead atoms. The Morgan fingerprint density at radius 3 is 2.68 bits per heavy atom. The molecule has 0 radical (unpaired) electrons. The molecule has 2 fully saturated rings. The lowest BCUT2D eigenvalue weighted by Crippen LogP contribution is -2.64.